The highest BCUT2D eigenvalue weighted by Gasteiger charge is 2.25. The molecular formula is C24H30N2O4P2. The molecule has 8 heteroatoms. The molecule has 0 heterocycles. The van der Waals surface area contributed by atoms with Crippen molar-refractivity contribution in [3.8, 4) is 0 Å². The van der Waals surface area contributed by atoms with Crippen molar-refractivity contribution in [3.05, 3.63) is 107 Å². The van der Waals surface area contributed by atoms with E-state index < -0.39 is 28.3 Å². The summed E-state index contributed by atoms with van der Waals surface area (Å²) in [5.74, 6) is -1.26. The summed E-state index contributed by atoms with van der Waals surface area (Å²) in [4.78, 5) is 40.2. The predicted octanol–water partition coefficient (Wildman–Crippen LogP) is 4.98. The molecule has 0 amide bonds. The third-order valence-corrected chi connectivity index (χ3v) is 7.26. The monoisotopic (exact) mass is 472 g/mol. The van der Waals surface area contributed by atoms with Gasteiger partial charge in [-0.1, -0.05) is 84.9 Å². The molecule has 0 saturated heterocycles. The first-order chi connectivity index (χ1) is 15.4. The van der Waals surface area contributed by atoms with Gasteiger partial charge in [-0.05, 0) is 36.1 Å². The number of hydrogen-bond acceptors (Lipinski definition) is 6. The van der Waals surface area contributed by atoms with Gasteiger partial charge in [-0.3, -0.25) is 10.6 Å². The van der Waals surface area contributed by atoms with Crippen molar-refractivity contribution >= 4 is 16.8 Å². The molecule has 3 rings (SSSR count). The first-order valence-corrected chi connectivity index (χ1v) is 13.1. The summed E-state index contributed by atoms with van der Waals surface area (Å²) in [6.07, 6.45) is 0. The van der Waals surface area contributed by atoms with Crippen molar-refractivity contribution < 1.29 is 19.6 Å². The maximum atomic E-state index is 10.0. The Kier molecular flexibility index (Phi) is 9.30. The molecule has 0 fully saturated rings. The van der Waals surface area contributed by atoms with E-state index in [0.717, 1.165) is 22.3 Å². The van der Waals surface area contributed by atoms with Gasteiger partial charge in [0.05, 0.1) is 0 Å². The SMILES string of the molecule is C[C@@H](N[C@@H](c1ccc([C@H](N[C@H](C)c2ccccc2)P(O)O)cc1)P(O)O)c1ccccc1. The smallest absolute Gasteiger partial charge is 0.188 e. The number of hydrogen-bond donors (Lipinski definition) is 6. The fraction of sp³-hybridized carbons (Fsp3) is 0.250. The van der Waals surface area contributed by atoms with E-state index in [0.29, 0.717) is 0 Å². The Morgan fingerprint density at radius 1 is 0.500 bits per heavy atom. The first kappa shape index (κ1) is 24.9. The minimum atomic E-state index is -2.27. The third kappa shape index (κ3) is 6.64. The highest BCUT2D eigenvalue weighted by Crippen LogP contribution is 2.46. The Morgan fingerprint density at radius 2 is 0.812 bits per heavy atom. The lowest BCUT2D eigenvalue weighted by atomic mass is 10.1. The standard InChI is InChI=1S/C24H30N2O4P2/c1-17(19-9-5-3-6-10-19)25-23(31(27)28)21-13-15-22(16-14-21)24(32(29)30)26-18(2)20-11-7-4-8-12-20/h3-18,23-30H,1-2H3/t17-,18-,23-,24-/m1/s1. The molecule has 0 aliphatic carbocycles. The van der Waals surface area contributed by atoms with Crippen LogP contribution in [-0.4, -0.2) is 19.6 Å². The fourth-order valence-electron chi connectivity index (χ4n) is 3.60. The van der Waals surface area contributed by atoms with Gasteiger partial charge >= 0.3 is 0 Å². The van der Waals surface area contributed by atoms with Gasteiger partial charge in [0.15, 0.2) is 16.8 Å². The van der Waals surface area contributed by atoms with Gasteiger partial charge in [-0.15, -0.1) is 0 Å². The third-order valence-electron chi connectivity index (χ3n) is 5.44. The summed E-state index contributed by atoms with van der Waals surface area (Å²) in [6.45, 7) is 3.95. The van der Waals surface area contributed by atoms with E-state index in [1.54, 1.807) is 24.3 Å². The van der Waals surface area contributed by atoms with Gasteiger partial charge in [-0.2, -0.15) is 0 Å². The van der Waals surface area contributed by atoms with Gasteiger partial charge in [0.2, 0.25) is 0 Å². The van der Waals surface area contributed by atoms with E-state index in [-0.39, 0.29) is 12.1 Å². The van der Waals surface area contributed by atoms with Crippen LogP contribution in [0.3, 0.4) is 0 Å². The van der Waals surface area contributed by atoms with Crippen molar-refractivity contribution in [1.82, 2.24) is 10.6 Å². The van der Waals surface area contributed by atoms with Crippen LogP contribution in [0.4, 0.5) is 0 Å². The maximum Gasteiger partial charge on any atom is 0.188 e. The van der Waals surface area contributed by atoms with Gasteiger partial charge in [0.25, 0.3) is 0 Å². The minimum Gasteiger partial charge on any atom is -0.349 e. The van der Waals surface area contributed by atoms with Gasteiger partial charge in [-0.25, -0.2) is 0 Å². The Labute approximate surface area is 191 Å². The van der Waals surface area contributed by atoms with Crippen LogP contribution in [0.15, 0.2) is 84.9 Å². The molecule has 0 bridgehead atoms. The number of nitrogens with one attached hydrogen (secondary N) is 2. The van der Waals surface area contributed by atoms with E-state index in [1.165, 1.54) is 0 Å². The van der Waals surface area contributed by atoms with Gasteiger partial charge in [0, 0.05) is 12.1 Å². The minimum absolute atomic E-state index is 0.0750. The van der Waals surface area contributed by atoms with Crippen LogP contribution in [0.1, 0.15) is 59.8 Å². The molecule has 6 N–H and O–H groups in total. The Morgan fingerprint density at radius 3 is 1.09 bits per heavy atom. The molecule has 3 aromatic carbocycles. The van der Waals surface area contributed by atoms with Crippen LogP contribution < -0.4 is 10.6 Å². The largest absolute Gasteiger partial charge is 0.349 e. The second-order valence-corrected chi connectivity index (χ2v) is 10.0. The lowest BCUT2D eigenvalue weighted by molar-refractivity contribution is 0.430. The fourth-order valence-corrected chi connectivity index (χ4v) is 5.19. The zero-order valence-corrected chi connectivity index (χ0v) is 19.9. The number of rotatable bonds is 10. The number of benzene rings is 3. The van der Waals surface area contributed by atoms with Crippen LogP contribution in [-0.2, 0) is 0 Å². The molecule has 32 heavy (non-hydrogen) atoms. The van der Waals surface area contributed by atoms with Crippen molar-refractivity contribution in [2.24, 2.45) is 0 Å². The zero-order chi connectivity index (χ0) is 23.1. The normalized spacial score (nSPS) is 15.5. The van der Waals surface area contributed by atoms with E-state index in [4.69, 9.17) is 0 Å². The molecular weight excluding hydrogens is 442 g/mol. The molecule has 0 radical (unpaired) electrons. The summed E-state index contributed by atoms with van der Waals surface area (Å²) < 4.78 is 0. The highest BCUT2D eigenvalue weighted by molar-refractivity contribution is 7.45. The molecule has 3 aromatic rings. The summed E-state index contributed by atoms with van der Waals surface area (Å²) in [5.41, 5.74) is 3.55. The Balaban J connectivity index is 1.75. The molecule has 0 aliphatic heterocycles. The molecule has 0 saturated carbocycles. The average molecular weight is 472 g/mol. The van der Waals surface area contributed by atoms with E-state index >= 15 is 0 Å². The van der Waals surface area contributed by atoms with Crippen molar-refractivity contribution in [2.75, 3.05) is 0 Å². The van der Waals surface area contributed by atoms with Gasteiger partial charge < -0.3 is 19.6 Å². The van der Waals surface area contributed by atoms with Crippen LogP contribution in [0, 0.1) is 0 Å². The van der Waals surface area contributed by atoms with Crippen LogP contribution in [0.25, 0.3) is 0 Å². The van der Waals surface area contributed by atoms with E-state index in [9.17, 15) is 19.6 Å². The zero-order valence-electron chi connectivity index (χ0n) is 18.1. The van der Waals surface area contributed by atoms with Crippen LogP contribution in [0.5, 0.6) is 0 Å². The van der Waals surface area contributed by atoms with Crippen LogP contribution >= 0.6 is 16.8 Å². The molecule has 170 valence electrons. The van der Waals surface area contributed by atoms with E-state index in [1.807, 2.05) is 74.5 Å². The Bertz CT molecular complexity index is 865. The second-order valence-electron chi connectivity index (χ2n) is 7.71. The topological polar surface area (TPSA) is 105 Å². The van der Waals surface area contributed by atoms with Crippen molar-refractivity contribution in [3.63, 3.8) is 0 Å². The molecule has 0 spiro atoms. The molecule has 0 unspecified atom stereocenters. The molecule has 4 atom stereocenters. The summed E-state index contributed by atoms with van der Waals surface area (Å²) in [5, 5.41) is 6.59. The highest BCUT2D eigenvalue weighted by atomic mass is 31.2. The lowest BCUT2D eigenvalue weighted by Gasteiger charge is -2.27. The van der Waals surface area contributed by atoms with Crippen molar-refractivity contribution in [1.29, 1.82) is 0 Å². The van der Waals surface area contributed by atoms with Crippen LogP contribution in [0.2, 0.25) is 0 Å². The van der Waals surface area contributed by atoms with E-state index in [2.05, 4.69) is 10.6 Å². The maximum absolute atomic E-state index is 10.0. The second kappa shape index (κ2) is 11.9. The lowest BCUT2D eigenvalue weighted by Crippen LogP contribution is -2.25. The quantitative estimate of drug-likeness (QED) is 0.233. The summed E-state index contributed by atoms with van der Waals surface area (Å²) in [6, 6.07) is 26.7. The first-order valence-electron chi connectivity index (χ1n) is 10.4. The molecule has 0 aliphatic rings. The molecule has 6 nitrogen and oxygen atoms in total. The predicted molar refractivity (Wildman–Crippen MR) is 131 cm³/mol. The van der Waals surface area contributed by atoms with Gasteiger partial charge in [0.1, 0.15) is 11.6 Å². The summed E-state index contributed by atoms with van der Waals surface area (Å²) in [7, 11) is -4.53. The molecule has 0 aromatic heterocycles. The average Bonchev–Trinajstić information content (AvgIpc) is 2.81. The van der Waals surface area contributed by atoms with Crippen molar-refractivity contribution in [2.45, 2.75) is 37.5 Å². The Hall–Kier alpha value is -1.72. The summed E-state index contributed by atoms with van der Waals surface area (Å²) >= 11 is 0.